The first kappa shape index (κ1) is 14.0. The third-order valence-corrected chi connectivity index (χ3v) is 3.88. The molecule has 1 aliphatic rings. The normalized spacial score (nSPS) is 24.6. The molecule has 0 radical (unpaired) electrons. The van der Waals surface area contributed by atoms with Gasteiger partial charge in [0.05, 0.1) is 10.6 Å². The van der Waals surface area contributed by atoms with E-state index in [1.807, 2.05) is 12.1 Å². The lowest BCUT2D eigenvalue weighted by atomic mass is 9.91. The highest BCUT2D eigenvalue weighted by Gasteiger charge is 2.25. The fourth-order valence-electron chi connectivity index (χ4n) is 2.94. The highest BCUT2D eigenvalue weighted by molar-refractivity contribution is 6.34. The second-order valence-electron chi connectivity index (χ2n) is 5.47. The smallest absolute Gasteiger partial charge is 0.173 e. The van der Waals surface area contributed by atoms with Gasteiger partial charge in [0.25, 0.3) is 0 Å². The van der Waals surface area contributed by atoms with Crippen LogP contribution < -0.4 is 10.6 Å². The average Bonchev–Trinajstić information content (AvgIpc) is 2.36. The monoisotopic (exact) mass is 281 g/mol. The number of hydrogen-bond donors (Lipinski definition) is 2. The molecular formula is C14H20ClN3O. The van der Waals surface area contributed by atoms with Crippen molar-refractivity contribution in [1.82, 2.24) is 0 Å². The summed E-state index contributed by atoms with van der Waals surface area (Å²) < 4.78 is 0. The predicted octanol–water partition coefficient (Wildman–Crippen LogP) is 2.92. The van der Waals surface area contributed by atoms with Crippen LogP contribution in [0.5, 0.6) is 0 Å². The summed E-state index contributed by atoms with van der Waals surface area (Å²) >= 11 is 6.20. The number of hydrogen-bond acceptors (Lipinski definition) is 3. The van der Waals surface area contributed by atoms with Crippen molar-refractivity contribution in [2.24, 2.45) is 22.7 Å². The van der Waals surface area contributed by atoms with Gasteiger partial charge in [0, 0.05) is 18.8 Å². The quantitative estimate of drug-likeness (QED) is 0.379. The van der Waals surface area contributed by atoms with Crippen LogP contribution in [0.2, 0.25) is 5.02 Å². The molecule has 1 aliphatic heterocycles. The van der Waals surface area contributed by atoms with Crippen molar-refractivity contribution in [3.8, 4) is 0 Å². The minimum absolute atomic E-state index is 0.0616. The third-order valence-electron chi connectivity index (χ3n) is 3.57. The van der Waals surface area contributed by atoms with Crippen LogP contribution in [0, 0.1) is 11.8 Å². The van der Waals surface area contributed by atoms with E-state index < -0.39 is 0 Å². The van der Waals surface area contributed by atoms with E-state index in [9.17, 15) is 0 Å². The van der Waals surface area contributed by atoms with Gasteiger partial charge in [0.2, 0.25) is 0 Å². The van der Waals surface area contributed by atoms with Crippen molar-refractivity contribution in [2.75, 3.05) is 18.0 Å². The van der Waals surface area contributed by atoms with Crippen molar-refractivity contribution in [3.05, 3.63) is 28.8 Å². The van der Waals surface area contributed by atoms with Crippen LogP contribution in [0.25, 0.3) is 0 Å². The minimum Gasteiger partial charge on any atom is -0.409 e. The number of oxime groups is 1. The standard InChI is InChI=1S/C14H20ClN3O/c1-9-6-10(2)8-18(7-9)12-5-3-4-11(15)13(12)14(16)17-19/h3-5,9-10,19H,6-8H2,1-2H3,(H2,16,17). The Morgan fingerprint density at radius 1 is 1.37 bits per heavy atom. The summed E-state index contributed by atoms with van der Waals surface area (Å²) in [5.74, 6) is 1.32. The number of rotatable bonds is 2. The van der Waals surface area contributed by atoms with Gasteiger partial charge in [0.1, 0.15) is 0 Å². The van der Waals surface area contributed by atoms with E-state index in [1.54, 1.807) is 6.07 Å². The summed E-state index contributed by atoms with van der Waals surface area (Å²) in [5, 5.41) is 12.5. The number of piperidine rings is 1. The SMILES string of the molecule is CC1CC(C)CN(c2cccc(Cl)c2C(N)=NO)C1. The number of halogens is 1. The fraction of sp³-hybridized carbons (Fsp3) is 0.500. The lowest BCUT2D eigenvalue weighted by Gasteiger charge is -2.37. The third kappa shape index (κ3) is 2.95. The molecule has 1 fully saturated rings. The molecule has 104 valence electrons. The molecule has 0 bridgehead atoms. The largest absolute Gasteiger partial charge is 0.409 e. The first-order valence-electron chi connectivity index (χ1n) is 6.54. The van der Waals surface area contributed by atoms with Crippen LogP contribution in [0.4, 0.5) is 5.69 Å². The molecule has 5 heteroatoms. The van der Waals surface area contributed by atoms with Crippen molar-refractivity contribution >= 4 is 23.1 Å². The minimum atomic E-state index is 0.0616. The number of nitrogens with zero attached hydrogens (tertiary/aromatic N) is 2. The molecule has 2 unspecified atom stereocenters. The van der Waals surface area contributed by atoms with E-state index >= 15 is 0 Å². The summed E-state index contributed by atoms with van der Waals surface area (Å²) in [5.41, 5.74) is 7.32. The van der Waals surface area contributed by atoms with Crippen LogP contribution in [-0.2, 0) is 0 Å². The lowest BCUT2D eigenvalue weighted by Crippen LogP contribution is -2.39. The van der Waals surface area contributed by atoms with Crippen LogP contribution in [0.3, 0.4) is 0 Å². The molecule has 0 saturated carbocycles. The lowest BCUT2D eigenvalue weighted by molar-refractivity contribution is 0.318. The Bertz CT molecular complexity index is 480. The molecule has 2 atom stereocenters. The van der Waals surface area contributed by atoms with E-state index in [0.29, 0.717) is 22.4 Å². The zero-order chi connectivity index (χ0) is 14.0. The Morgan fingerprint density at radius 2 is 2.00 bits per heavy atom. The highest BCUT2D eigenvalue weighted by atomic mass is 35.5. The molecule has 1 aromatic carbocycles. The fourth-order valence-corrected chi connectivity index (χ4v) is 3.21. The van der Waals surface area contributed by atoms with Crippen molar-refractivity contribution in [2.45, 2.75) is 20.3 Å². The summed E-state index contributed by atoms with van der Waals surface area (Å²) in [4.78, 5) is 2.28. The Labute approximate surface area is 118 Å². The van der Waals surface area contributed by atoms with Crippen molar-refractivity contribution in [3.63, 3.8) is 0 Å². The van der Waals surface area contributed by atoms with E-state index in [4.69, 9.17) is 22.5 Å². The molecule has 2 rings (SSSR count). The molecular weight excluding hydrogens is 262 g/mol. The van der Waals surface area contributed by atoms with Crippen LogP contribution >= 0.6 is 11.6 Å². The maximum Gasteiger partial charge on any atom is 0.173 e. The summed E-state index contributed by atoms with van der Waals surface area (Å²) in [7, 11) is 0. The van der Waals surface area contributed by atoms with E-state index in [0.717, 1.165) is 18.8 Å². The average molecular weight is 282 g/mol. The molecule has 1 heterocycles. The molecule has 1 saturated heterocycles. The molecule has 0 aromatic heterocycles. The zero-order valence-electron chi connectivity index (χ0n) is 11.3. The maximum atomic E-state index is 8.93. The highest BCUT2D eigenvalue weighted by Crippen LogP contribution is 2.32. The second kappa shape index (κ2) is 5.70. The van der Waals surface area contributed by atoms with Gasteiger partial charge in [-0.2, -0.15) is 0 Å². The van der Waals surface area contributed by atoms with Crippen molar-refractivity contribution in [1.29, 1.82) is 0 Å². The number of amidine groups is 1. The van der Waals surface area contributed by atoms with E-state index in [2.05, 4.69) is 23.9 Å². The van der Waals surface area contributed by atoms with Gasteiger partial charge < -0.3 is 15.8 Å². The molecule has 4 nitrogen and oxygen atoms in total. The Hall–Kier alpha value is -1.42. The molecule has 0 amide bonds. The zero-order valence-corrected chi connectivity index (χ0v) is 12.1. The maximum absolute atomic E-state index is 8.93. The topological polar surface area (TPSA) is 61.8 Å². The summed E-state index contributed by atoms with van der Waals surface area (Å²) in [6, 6.07) is 5.63. The first-order valence-corrected chi connectivity index (χ1v) is 6.92. The molecule has 1 aromatic rings. The Balaban J connectivity index is 2.41. The van der Waals surface area contributed by atoms with Crippen LogP contribution in [-0.4, -0.2) is 24.1 Å². The van der Waals surface area contributed by atoms with Gasteiger partial charge in [-0.25, -0.2) is 0 Å². The van der Waals surface area contributed by atoms with E-state index in [-0.39, 0.29) is 5.84 Å². The molecule has 19 heavy (non-hydrogen) atoms. The molecule has 3 N–H and O–H groups in total. The van der Waals surface area contributed by atoms with Gasteiger partial charge in [-0.3, -0.25) is 0 Å². The van der Waals surface area contributed by atoms with Crippen molar-refractivity contribution < 1.29 is 5.21 Å². The van der Waals surface area contributed by atoms with Gasteiger partial charge in [-0.1, -0.05) is 36.7 Å². The van der Waals surface area contributed by atoms with Crippen LogP contribution in [0.15, 0.2) is 23.4 Å². The van der Waals surface area contributed by atoms with Gasteiger partial charge in [-0.05, 0) is 30.4 Å². The van der Waals surface area contributed by atoms with Gasteiger partial charge >= 0.3 is 0 Å². The molecule has 0 spiro atoms. The Morgan fingerprint density at radius 3 is 2.58 bits per heavy atom. The Kier molecular flexibility index (Phi) is 4.20. The van der Waals surface area contributed by atoms with E-state index in [1.165, 1.54) is 6.42 Å². The summed E-state index contributed by atoms with van der Waals surface area (Å²) in [6.07, 6.45) is 1.23. The molecule has 0 aliphatic carbocycles. The van der Waals surface area contributed by atoms with Crippen LogP contribution in [0.1, 0.15) is 25.8 Å². The first-order chi connectivity index (χ1) is 9.02. The number of anilines is 1. The van der Waals surface area contributed by atoms with Gasteiger partial charge in [0.15, 0.2) is 5.84 Å². The summed E-state index contributed by atoms with van der Waals surface area (Å²) in [6.45, 7) is 6.43. The van der Waals surface area contributed by atoms with Gasteiger partial charge in [-0.15, -0.1) is 0 Å². The number of benzene rings is 1. The number of nitrogens with two attached hydrogens (primary N) is 1. The predicted molar refractivity (Wildman–Crippen MR) is 79.1 cm³/mol. The second-order valence-corrected chi connectivity index (χ2v) is 5.88.